The summed E-state index contributed by atoms with van der Waals surface area (Å²) < 4.78 is 44.2. The fraction of sp³-hybridized carbons (Fsp3) is 0.250. The molecule has 0 atom stereocenters. The van der Waals surface area contributed by atoms with E-state index in [1.807, 2.05) is 18.3 Å². The average Bonchev–Trinajstić information content (AvgIpc) is 3.28. The summed E-state index contributed by atoms with van der Waals surface area (Å²) in [5, 5.41) is 9.80. The van der Waals surface area contributed by atoms with Crippen molar-refractivity contribution in [3.8, 4) is 11.1 Å². The number of rotatable bonds is 5. The highest BCUT2D eigenvalue weighted by Crippen LogP contribution is 2.29. The van der Waals surface area contributed by atoms with Crippen LogP contribution in [0.4, 0.5) is 19.0 Å². The largest absolute Gasteiger partial charge is 0.433 e. The molecule has 4 heterocycles. The number of fused-ring (bicyclic) bond motifs is 1. The summed E-state index contributed by atoms with van der Waals surface area (Å²) in [6, 6.07) is 10.9. The summed E-state index contributed by atoms with van der Waals surface area (Å²) >= 11 is 0. The fourth-order valence-electron chi connectivity index (χ4n) is 3.95. The van der Waals surface area contributed by atoms with Gasteiger partial charge in [0.05, 0.1) is 18.7 Å². The van der Waals surface area contributed by atoms with Crippen LogP contribution in [-0.2, 0) is 17.5 Å². The molecule has 1 aliphatic heterocycles. The van der Waals surface area contributed by atoms with E-state index in [1.165, 1.54) is 12.1 Å². The third-order valence-electron chi connectivity index (χ3n) is 5.70. The Bertz CT molecular complexity index is 1360. The van der Waals surface area contributed by atoms with Crippen molar-refractivity contribution in [3.63, 3.8) is 0 Å². The number of morpholine rings is 1. The van der Waals surface area contributed by atoms with Crippen LogP contribution in [0.3, 0.4) is 0 Å². The molecule has 0 aliphatic carbocycles. The minimum atomic E-state index is -4.61. The van der Waals surface area contributed by atoms with Crippen LogP contribution < -0.4 is 5.32 Å². The lowest BCUT2D eigenvalue weighted by atomic mass is 10.0. The predicted molar refractivity (Wildman–Crippen MR) is 123 cm³/mol. The Hall–Kier alpha value is -3.83. The lowest BCUT2D eigenvalue weighted by Crippen LogP contribution is -2.35. The van der Waals surface area contributed by atoms with E-state index in [9.17, 15) is 18.0 Å². The molecule has 0 saturated carbocycles. The average molecular weight is 482 g/mol. The van der Waals surface area contributed by atoms with Crippen LogP contribution >= 0.6 is 0 Å². The van der Waals surface area contributed by atoms with Crippen LogP contribution in [0.5, 0.6) is 0 Å². The Labute approximate surface area is 198 Å². The number of alkyl halides is 3. The van der Waals surface area contributed by atoms with Crippen molar-refractivity contribution in [2.75, 3.05) is 31.6 Å². The van der Waals surface area contributed by atoms with Crippen LogP contribution in [0.2, 0.25) is 0 Å². The first-order valence-corrected chi connectivity index (χ1v) is 10.9. The van der Waals surface area contributed by atoms with Crippen LogP contribution in [0.25, 0.3) is 22.0 Å². The lowest BCUT2D eigenvalue weighted by molar-refractivity contribution is -0.141. The second-order valence-electron chi connectivity index (χ2n) is 8.16. The maximum Gasteiger partial charge on any atom is 0.433 e. The van der Waals surface area contributed by atoms with E-state index in [4.69, 9.17) is 4.74 Å². The van der Waals surface area contributed by atoms with Gasteiger partial charge in [0.15, 0.2) is 5.69 Å². The van der Waals surface area contributed by atoms with Crippen molar-refractivity contribution >= 4 is 22.6 Å². The maximum atomic E-state index is 12.9. The van der Waals surface area contributed by atoms with Gasteiger partial charge in [0.2, 0.25) is 0 Å². The number of aromatic amines is 1. The molecule has 5 rings (SSSR count). The van der Waals surface area contributed by atoms with Gasteiger partial charge in [-0.05, 0) is 41.5 Å². The molecule has 0 unspecified atom stereocenters. The molecule has 0 radical (unpaired) electrons. The van der Waals surface area contributed by atoms with Crippen LogP contribution in [0, 0.1) is 0 Å². The molecule has 1 fully saturated rings. The van der Waals surface area contributed by atoms with Crippen molar-refractivity contribution in [3.05, 3.63) is 71.8 Å². The number of hydrogen-bond donors (Lipinski definition) is 2. The van der Waals surface area contributed by atoms with Crippen LogP contribution in [0.15, 0.2) is 54.9 Å². The van der Waals surface area contributed by atoms with Gasteiger partial charge in [0.25, 0.3) is 5.91 Å². The van der Waals surface area contributed by atoms with Gasteiger partial charge in [-0.25, -0.2) is 4.98 Å². The number of anilines is 1. The first-order chi connectivity index (χ1) is 16.9. The van der Waals surface area contributed by atoms with Crippen molar-refractivity contribution in [1.29, 1.82) is 0 Å². The first-order valence-electron chi connectivity index (χ1n) is 10.9. The first kappa shape index (κ1) is 22.9. The van der Waals surface area contributed by atoms with E-state index in [0.29, 0.717) is 24.1 Å². The zero-order chi connectivity index (χ0) is 24.4. The van der Waals surface area contributed by atoms with E-state index in [1.54, 1.807) is 12.3 Å². The molecule has 35 heavy (non-hydrogen) atoms. The molecule has 0 bridgehead atoms. The molecular weight excluding hydrogens is 461 g/mol. The highest BCUT2D eigenvalue weighted by Gasteiger charge is 2.32. The number of H-pyrrole nitrogens is 1. The van der Waals surface area contributed by atoms with Gasteiger partial charge in [0, 0.05) is 43.0 Å². The van der Waals surface area contributed by atoms with Gasteiger partial charge in [-0.3, -0.25) is 19.8 Å². The number of carbonyl (C=O) groups is 1. The Morgan fingerprint density at radius 3 is 2.71 bits per heavy atom. The topological polar surface area (TPSA) is 96.0 Å². The third kappa shape index (κ3) is 5.15. The van der Waals surface area contributed by atoms with Gasteiger partial charge >= 0.3 is 6.18 Å². The Balaban J connectivity index is 1.39. The molecule has 1 saturated heterocycles. The van der Waals surface area contributed by atoms with Gasteiger partial charge < -0.3 is 10.1 Å². The second-order valence-corrected chi connectivity index (χ2v) is 8.16. The number of pyridine rings is 2. The Kier molecular flexibility index (Phi) is 6.18. The summed E-state index contributed by atoms with van der Waals surface area (Å²) in [5.74, 6) is -0.878. The zero-order valence-electron chi connectivity index (χ0n) is 18.5. The number of aromatic nitrogens is 4. The Morgan fingerprint density at radius 2 is 1.91 bits per heavy atom. The number of halogens is 3. The van der Waals surface area contributed by atoms with Gasteiger partial charge in [-0.1, -0.05) is 12.1 Å². The molecular formula is C24H21F3N6O2. The Morgan fingerprint density at radius 1 is 1.09 bits per heavy atom. The van der Waals surface area contributed by atoms with Gasteiger partial charge in [0.1, 0.15) is 11.5 Å². The second kappa shape index (κ2) is 9.43. The molecule has 1 aliphatic rings. The number of benzene rings is 1. The number of nitrogens with one attached hydrogen (secondary N) is 2. The predicted octanol–water partition coefficient (Wildman–Crippen LogP) is 4.12. The summed E-state index contributed by atoms with van der Waals surface area (Å²) in [4.78, 5) is 23.0. The normalized spacial score (nSPS) is 14.8. The van der Waals surface area contributed by atoms with E-state index >= 15 is 0 Å². The third-order valence-corrected chi connectivity index (χ3v) is 5.70. The maximum absolute atomic E-state index is 12.9. The quantitative estimate of drug-likeness (QED) is 0.444. The standard InChI is InChI=1S/C24H21F3N6O2/c25-24(26,27)20-2-1-3-21(29-20)30-23(34)22-18-11-16(4-5-19(18)31-32-22)17-10-15(12-28-13-17)14-33-6-8-35-9-7-33/h1-5,10-13H,6-9,14H2,(H,31,32)(H,29,30,34). The number of hydrogen-bond acceptors (Lipinski definition) is 6. The van der Waals surface area contributed by atoms with Crippen LogP contribution in [-0.4, -0.2) is 57.3 Å². The number of ether oxygens (including phenoxy) is 1. The van der Waals surface area contributed by atoms with Crippen molar-refractivity contribution in [1.82, 2.24) is 25.1 Å². The molecule has 0 spiro atoms. The van der Waals surface area contributed by atoms with Gasteiger partial charge in [-0.2, -0.15) is 18.3 Å². The zero-order valence-corrected chi connectivity index (χ0v) is 18.5. The molecule has 1 aromatic carbocycles. The smallest absolute Gasteiger partial charge is 0.379 e. The van der Waals surface area contributed by atoms with Crippen molar-refractivity contribution in [2.45, 2.75) is 12.7 Å². The molecule has 180 valence electrons. The number of nitrogens with zero attached hydrogens (tertiary/aromatic N) is 4. The van der Waals surface area contributed by atoms with E-state index in [-0.39, 0.29) is 11.5 Å². The van der Waals surface area contributed by atoms with E-state index in [2.05, 4.69) is 36.4 Å². The summed E-state index contributed by atoms with van der Waals surface area (Å²) in [6.45, 7) is 3.92. The summed E-state index contributed by atoms with van der Waals surface area (Å²) in [6.07, 6.45) is -1.04. The van der Waals surface area contributed by atoms with Gasteiger partial charge in [-0.15, -0.1) is 0 Å². The number of amides is 1. The van der Waals surface area contributed by atoms with Crippen LogP contribution in [0.1, 0.15) is 21.7 Å². The molecule has 1 amide bonds. The highest BCUT2D eigenvalue weighted by molar-refractivity contribution is 6.11. The van der Waals surface area contributed by atoms with Crippen molar-refractivity contribution in [2.24, 2.45) is 0 Å². The fourth-order valence-corrected chi connectivity index (χ4v) is 3.95. The van der Waals surface area contributed by atoms with Crippen molar-refractivity contribution < 1.29 is 22.7 Å². The summed E-state index contributed by atoms with van der Waals surface area (Å²) in [7, 11) is 0. The molecule has 2 N–H and O–H groups in total. The molecule has 11 heteroatoms. The molecule has 4 aromatic rings. The highest BCUT2D eigenvalue weighted by atomic mass is 19.4. The van der Waals surface area contributed by atoms with E-state index in [0.717, 1.165) is 42.4 Å². The monoisotopic (exact) mass is 482 g/mol. The van der Waals surface area contributed by atoms with E-state index < -0.39 is 17.8 Å². The molecule has 8 nitrogen and oxygen atoms in total. The lowest BCUT2D eigenvalue weighted by Gasteiger charge is -2.26. The molecule has 3 aromatic heterocycles. The minimum Gasteiger partial charge on any atom is -0.379 e. The minimum absolute atomic E-state index is 0.0542. The SMILES string of the molecule is O=C(Nc1cccc(C(F)(F)F)n1)c1n[nH]c2ccc(-c3cncc(CN4CCOCC4)c3)cc12. The summed E-state index contributed by atoms with van der Waals surface area (Å²) in [5.41, 5.74) is 2.36. The number of carbonyl (C=O) groups excluding carboxylic acids is 1.